The maximum atomic E-state index is 12.7. The highest BCUT2D eigenvalue weighted by Crippen LogP contribution is 2.29. The first-order chi connectivity index (χ1) is 12.2. The lowest BCUT2D eigenvalue weighted by molar-refractivity contribution is 0.125. The Morgan fingerprint density at radius 3 is 2.76 bits per heavy atom. The number of rotatable bonds is 5. The van der Waals surface area contributed by atoms with E-state index in [9.17, 15) is 9.90 Å². The number of hydrogen-bond acceptors (Lipinski definition) is 3. The molecular formula is C20H31N3O2. The van der Waals surface area contributed by atoms with Crippen molar-refractivity contribution in [1.82, 2.24) is 15.1 Å². The Bertz CT molecular complexity index is 572. The normalized spacial score (nSPS) is 22.3. The van der Waals surface area contributed by atoms with E-state index in [1.54, 1.807) is 4.90 Å². The number of carbonyl (C=O) groups is 1. The fraction of sp³-hybridized carbons (Fsp3) is 0.650. The van der Waals surface area contributed by atoms with Crippen LogP contribution in [0.4, 0.5) is 4.79 Å². The van der Waals surface area contributed by atoms with Gasteiger partial charge in [0.2, 0.25) is 0 Å². The van der Waals surface area contributed by atoms with Crippen LogP contribution in [0.3, 0.4) is 0 Å². The number of aliphatic hydroxyl groups excluding tert-OH is 1. The third kappa shape index (κ3) is 4.53. The second kappa shape index (κ2) is 8.68. The Kier molecular flexibility index (Phi) is 6.32. The SMILES string of the molecule is CC(CNC(=O)N1CCc2ccccc2C1CO)CN1CCCCC1. The Hall–Kier alpha value is -1.59. The van der Waals surface area contributed by atoms with E-state index >= 15 is 0 Å². The topological polar surface area (TPSA) is 55.8 Å². The summed E-state index contributed by atoms with van der Waals surface area (Å²) in [6.45, 7) is 6.94. The van der Waals surface area contributed by atoms with E-state index in [0.29, 0.717) is 19.0 Å². The predicted molar refractivity (Wildman–Crippen MR) is 99.5 cm³/mol. The van der Waals surface area contributed by atoms with E-state index in [1.807, 2.05) is 18.2 Å². The fourth-order valence-corrected chi connectivity index (χ4v) is 4.10. The van der Waals surface area contributed by atoms with Crippen molar-refractivity contribution in [3.8, 4) is 0 Å². The summed E-state index contributed by atoms with van der Waals surface area (Å²) >= 11 is 0. The van der Waals surface area contributed by atoms with Crippen LogP contribution in [0.1, 0.15) is 43.4 Å². The van der Waals surface area contributed by atoms with Crippen LogP contribution >= 0.6 is 0 Å². The van der Waals surface area contributed by atoms with Crippen LogP contribution in [0.5, 0.6) is 0 Å². The number of hydrogen-bond donors (Lipinski definition) is 2. The number of nitrogens with zero attached hydrogens (tertiary/aromatic N) is 2. The summed E-state index contributed by atoms with van der Waals surface area (Å²) in [6, 6.07) is 7.82. The monoisotopic (exact) mass is 345 g/mol. The lowest BCUT2D eigenvalue weighted by Gasteiger charge is -2.36. The predicted octanol–water partition coefficient (Wildman–Crippen LogP) is 2.41. The van der Waals surface area contributed by atoms with E-state index in [4.69, 9.17) is 0 Å². The molecule has 138 valence electrons. The van der Waals surface area contributed by atoms with Gasteiger partial charge in [0.15, 0.2) is 0 Å². The molecule has 2 amide bonds. The highest BCUT2D eigenvalue weighted by atomic mass is 16.3. The van der Waals surface area contributed by atoms with Crippen LogP contribution < -0.4 is 5.32 Å². The van der Waals surface area contributed by atoms with E-state index < -0.39 is 0 Å². The zero-order chi connectivity index (χ0) is 17.6. The van der Waals surface area contributed by atoms with Gasteiger partial charge in [0.05, 0.1) is 12.6 Å². The van der Waals surface area contributed by atoms with E-state index in [1.165, 1.54) is 37.9 Å². The largest absolute Gasteiger partial charge is 0.394 e. The maximum absolute atomic E-state index is 12.7. The van der Waals surface area contributed by atoms with Gasteiger partial charge in [-0.05, 0) is 49.4 Å². The average molecular weight is 345 g/mol. The van der Waals surface area contributed by atoms with Gasteiger partial charge in [-0.1, -0.05) is 37.6 Å². The molecule has 2 N–H and O–H groups in total. The van der Waals surface area contributed by atoms with Crippen molar-refractivity contribution in [1.29, 1.82) is 0 Å². The summed E-state index contributed by atoms with van der Waals surface area (Å²) in [5, 5.41) is 12.9. The Labute approximate surface area is 151 Å². The molecule has 1 aromatic rings. The molecule has 0 bridgehead atoms. The fourth-order valence-electron chi connectivity index (χ4n) is 4.10. The summed E-state index contributed by atoms with van der Waals surface area (Å²) in [6.07, 6.45) is 4.79. The maximum Gasteiger partial charge on any atom is 0.318 e. The highest BCUT2D eigenvalue weighted by Gasteiger charge is 2.30. The molecular weight excluding hydrogens is 314 g/mol. The van der Waals surface area contributed by atoms with Crippen LogP contribution in [0.15, 0.2) is 24.3 Å². The van der Waals surface area contributed by atoms with Crippen LogP contribution in [-0.4, -0.2) is 60.3 Å². The minimum absolute atomic E-state index is 0.0340. The van der Waals surface area contributed by atoms with E-state index in [-0.39, 0.29) is 18.7 Å². The van der Waals surface area contributed by atoms with Crippen molar-refractivity contribution in [2.45, 2.75) is 38.6 Å². The summed E-state index contributed by atoms with van der Waals surface area (Å²) < 4.78 is 0. The number of piperidine rings is 1. The summed E-state index contributed by atoms with van der Waals surface area (Å²) in [5.41, 5.74) is 2.32. The number of nitrogens with one attached hydrogen (secondary N) is 1. The van der Waals surface area contributed by atoms with Crippen molar-refractivity contribution >= 4 is 6.03 Å². The molecule has 0 aromatic heterocycles. The lowest BCUT2D eigenvalue weighted by atomic mass is 9.93. The van der Waals surface area contributed by atoms with Crippen LogP contribution in [-0.2, 0) is 6.42 Å². The first kappa shape index (κ1) is 18.2. The van der Waals surface area contributed by atoms with Crippen molar-refractivity contribution in [3.05, 3.63) is 35.4 Å². The molecule has 1 fully saturated rings. The van der Waals surface area contributed by atoms with Gasteiger partial charge in [-0.2, -0.15) is 0 Å². The standard InChI is InChI=1S/C20H31N3O2/c1-16(14-22-10-5-2-6-11-22)13-21-20(25)23-12-9-17-7-3-4-8-18(17)19(23)15-24/h3-4,7-8,16,19,24H,2,5-6,9-15H2,1H3,(H,21,25). The molecule has 5 nitrogen and oxygen atoms in total. The molecule has 0 aliphatic carbocycles. The third-order valence-electron chi connectivity index (χ3n) is 5.47. The lowest BCUT2D eigenvalue weighted by Crippen LogP contribution is -2.48. The Morgan fingerprint density at radius 1 is 1.24 bits per heavy atom. The molecule has 2 unspecified atom stereocenters. The number of fused-ring (bicyclic) bond motifs is 1. The third-order valence-corrected chi connectivity index (χ3v) is 5.47. The van der Waals surface area contributed by atoms with Crippen molar-refractivity contribution in [3.63, 3.8) is 0 Å². The molecule has 3 rings (SSSR count). The van der Waals surface area contributed by atoms with Crippen molar-refractivity contribution < 1.29 is 9.90 Å². The van der Waals surface area contributed by atoms with Crippen LogP contribution in [0.25, 0.3) is 0 Å². The molecule has 1 aromatic carbocycles. The summed E-state index contributed by atoms with van der Waals surface area (Å²) in [4.78, 5) is 17.0. The zero-order valence-corrected chi connectivity index (χ0v) is 15.3. The number of aliphatic hydroxyl groups is 1. The highest BCUT2D eigenvalue weighted by molar-refractivity contribution is 5.75. The molecule has 25 heavy (non-hydrogen) atoms. The second-order valence-corrected chi connectivity index (χ2v) is 7.49. The summed E-state index contributed by atoms with van der Waals surface area (Å²) in [7, 11) is 0. The molecule has 0 radical (unpaired) electrons. The quantitative estimate of drug-likeness (QED) is 0.862. The van der Waals surface area contributed by atoms with E-state index in [0.717, 1.165) is 18.5 Å². The molecule has 2 atom stereocenters. The minimum atomic E-state index is -0.234. The number of amides is 2. The number of likely N-dealkylation sites (tertiary alicyclic amines) is 1. The average Bonchev–Trinajstić information content (AvgIpc) is 2.66. The van der Waals surface area contributed by atoms with Gasteiger partial charge < -0.3 is 20.2 Å². The summed E-state index contributed by atoms with van der Waals surface area (Å²) in [5.74, 6) is 0.437. The molecule has 5 heteroatoms. The smallest absolute Gasteiger partial charge is 0.318 e. The molecule has 1 saturated heterocycles. The molecule has 0 saturated carbocycles. The van der Waals surface area contributed by atoms with Gasteiger partial charge in [0.1, 0.15) is 0 Å². The van der Waals surface area contributed by atoms with Crippen molar-refractivity contribution in [2.75, 3.05) is 39.3 Å². The number of urea groups is 1. The number of benzene rings is 1. The number of carbonyl (C=O) groups excluding carboxylic acids is 1. The Morgan fingerprint density at radius 2 is 2.00 bits per heavy atom. The molecule has 0 spiro atoms. The van der Waals surface area contributed by atoms with E-state index in [2.05, 4.69) is 23.2 Å². The minimum Gasteiger partial charge on any atom is -0.394 e. The second-order valence-electron chi connectivity index (χ2n) is 7.49. The van der Waals surface area contributed by atoms with Crippen LogP contribution in [0, 0.1) is 5.92 Å². The molecule has 2 aliphatic heterocycles. The Balaban J connectivity index is 1.52. The zero-order valence-electron chi connectivity index (χ0n) is 15.3. The van der Waals surface area contributed by atoms with Gasteiger partial charge >= 0.3 is 6.03 Å². The van der Waals surface area contributed by atoms with Crippen LogP contribution in [0.2, 0.25) is 0 Å². The molecule has 2 heterocycles. The van der Waals surface area contributed by atoms with Gasteiger partial charge in [-0.15, -0.1) is 0 Å². The first-order valence-electron chi connectivity index (χ1n) is 9.64. The molecule has 2 aliphatic rings. The van der Waals surface area contributed by atoms with Gasteiger partial charge in [0.25, 0.3) is 0 Å². The van der Waals surface area contributed by atoms with Gasteiger partial charge in [0, 0.05) is 19.6 Å². The first-order valence-corrected chi connectivity index (χ1v) is 9.64. The van der Waals surface area contributed by atoms with Gasteiger partial charge in [-0.3, -0.25) is 0 Å². The van der Waals surface area contributed by atoms with Crippen molar-refractivity contribution in [2.24, 2.45) is 5.92 Å². The van der Waals surface area contributed by atoms with Gasteiger partial charge in [-0.25, -0.2) is 4.79 Å².